The van der Waals surface area contributed by atoms with Crippen LogP contribution in [0.3, 0.4) is 0 Å². The molecule has 0 amide bonds. The first kappa shape index (κ1) is 12.3. The Morgan fingerprint density at radius 3 is 2.83 bits per heavy atom. The van der Waals surface area contributed by atoms with Crippen LogP contribution in [0.1, 0.15) is 11.1 Å². The molecular formula is C15H12ClNO. The summed E-state index contributed by atoms with van der Waals surface area (Å²) in [5.41, 5.74) is 2.47. The summed E-state index contributed by atoms with van der Waals surface area (Å²) in [4.78, 5) is 0. The first-order chi connectivity index (χ1) is 8.69. The lowest BCUT2D eigenvalue weighted by Gasteiger charge is -2.09. The second-order valence-corrected chi connectivity index (χ2v) is 4.29. The van der Waals surface area contributed by atoms with E-state index in [1.54, 1.807) is 18.2 Å². The molecule has 0 aromatic heterocycles. The predicted molar refractivity (Wildman–Crippen MR) is 74.8 cm³/mol. The molecule has 2 N–H and O–H groups in total. The maximum absolute atomic E-state index is 9.68. The molecule has 0 radical (unpaired) electrons. The third-order valence-corrected chi connectivity index (χ3v) is 2.79. The molecule has 2 aromatic carbocycles. The fourth-order valence-electron chi connectivity index (χ4n) is 1.61. The number of rotatable bonds is 3. The average Bonchev–Trinajstić information content (AvgIpc) is 2.40. The summed E-state index contributed by atoms with van der Waals surface area (Å²) < 4.78 is 0. The summed E-state index contributed by atoms with van der Waals surface area (Å²) in [5.74, 6) is 2.80. The molecule has 0 bridgehead atoms. The van der Waals surface area contributed by atoms with Crippen molar-refractivity contribution >= 4 is 17.3 Å². The van der Waals surface area contributed by atoms with Crippen molar-refractivity contribution in [2.45, 2.75) is 6.54 Å². The van der Waals surface area contributed by atoms with Crippen molar-refractivity contribution < 1.29 is 5.11 Å². The Labute approximate surface area is 111 Å². The van der Waals surface area contributed by atoms with Gasteiger partial charge in [-0.1, -0.05) is 23.6 Å². The first-order valence-electron chi connectivity index (χ1n) is 5.47. The summed E-state index contributed by atoms with van der Waals surface area (Å²) in [6, 6.07) is 12.5. The Morgan fingerprint density at radius 1 is 1.22 bits per heavy atom. The fourth-order valence-corrected chi connectivity index (χ4v) is 1.81. The second kappa shape index (κ2) is 5.48. The maximum Gasteiger partial charge on any atom is 0.120 e. The van der Waals surface area contributed by atoms with Crippen LogP contribution in [0.4, 0.5) is 5.69 Å². The average molecular weight is 258 g/mol. The van der Waals surface area contributed by atoms with Crippen molar-refractivity contribution in [2.24, 2.45) is 0 Å². The van der Waals surface area contributed by atoms with Gasteiger partial charge in [0.15, 0.2) is 0 Å². The van der Waals surface area contributed by atoms with Crippen LogP contribution in [-0.4, -0.2) is 5.11 Å². The van der Waals surface area contributed by atoms with Gasteiger partial charge in [0.25, 0.3) is 0 Å². The minimum absolute atomic E-state index is 0.222. The quantitative estimate of drug-likeness (QED) is 0.823. The number of nitrogens with one attached hydrogen (secondary N) is 1. The van der Waals surface area contributed by atoms with E-state index < -0.39 is 0 Å². The number of halogens is 1. The van der Waals surface area contributed by atoms with Gasteiger partial charge in [-0.2, -0.15) is 0 Å². The molecule has 0 aliphatic heterocycles. The van der Waals surface area contributed by atoms with Crippen molar-refractivity contribution in [1.82, 2.24) is 0 Å². The fraction of sp³-hybridized carbons (Fsp3) is 0.0667. The highest BCUT2D eigenvalue weighted by molar-refractivity contribution is 6.30. The van der Waals surface area contributed by atoms with Crippen molar-refractivity contribution in [3.8, 4) is 18.1 Å². The molecular weight excluding hydrogens is 246 g/mol. The van der Waals surface area contributed by atoms with Gasteiger partial charge in [-0.15, -0.1) is 6.42 Å². The number of hydrogen-bond donors (Lipinski definition) is 2. The highest BCUT2D eigenvalue weighted by Gasteiger charge is 2.02. The van der Waals surface area contributed by atoms with E-state index in [9.17, 15) is 5.11 Å². The zero-order valence-corrected chi connectivity index (χ0v) is 10.4. The van der Waals surface area contributed by atoms with Gasteiger partial charge >= 0.3 is 0 Å². The molecule has 0 aliphatic rings. The van der Waals surface area contributed by atoms with Gasteiger partial charge in [-0.3, -0.25) is 0 Å². The van der Waals surface area contributed by atoms with Crippen LogP contribution in [0.2, 0.25) is 5.02 Å². The maximum atomic E-state index is 9.68. The van der Waals surface area contributed by atoms with Crippen molar-refractivity contribution in [1.29, 1.82) is 0 Å². The van der Waals surface area contributed by atoms with E-state index in [0.29, 0.717) is 11.6 Å². The molecule has 0 spiro atoms. The molecule has 0 atom stereocenters. The smallest absolute Gasteiger partial charge is 0.120 e. The van der Waals surface area contributed by atoms with Crippen molar-refractivity contribution in [3.63, 3.8) is 0 Å². The lowest BCUT2D eigenvalue weighted by molar-refractivity contribution is 0.469. The molecule has 2 rings (SSSR count). The zero-order chi connectivity index (χ0) is 13.0. The number of terminal acetylenes is 1. The van der Waals surface area contributed by atoms with E-state index in [1.165, 1.54) is 0 Å². The number of anilines is 1. The lowest BCUT2D eigenvalue weighted by atomic mass is 10.1. The van der Waals surface area contributed by atoms with Gasteiger partial charge in [-0.05, 0) is 36.4 Å². The van der Waals surface area contributed by atoms with E-state index >= 15 is 0 Å². The Kier molecular flexibility index (Phi) is 3.76. The van der Waals surface area contributed by atoms with Gasteiger partial charge in [-0.25, -0.2) is 0 Å². The van der Waals surface area contributed by atoms with Crippen LogP contribution in [0, 0.1) is 12.3 Å². The number of aromatic hydroxyl groups is 1. The highest BCUT2D eigenvalue weighted by Crippen LogP contribution is 2.22. The SMILES string of the molecule is C#Cc1cccc(NCc2cc(Cl)ccc2O)c1. The summed E-state index contributed by atoms with van der Waals surface area (Å²) in [6.07, 6.45) is 5.33. The van der Waals surface area contributed by atoms with E-state index in [0.717, 1.165) is 16.8 Å². The van der Waals surface area contributed by atoms with Gasteiger partial charge in [0.2, 0.25) is 0 Å². The molecule has 0 fully saturated rings. The van der Waals surface area contributed by atoms with E-state index in [-0.39, 0.29) is 5.75 Å². The summed E-state index contributed by atoms with van der Waals surface area (Å²) in [7, 11) is 0. The van der Waals surface area contributed by atoms with Crippen LogP contribution < -0.4 is 5.32 Å². The lowest BCUT2D eigenvalue weighted by Crippen LogP contribution is -1.99. The Morgan fingerprint density at radius 2 is 2.06 bits per heavy atom. The van der Waals surface area contributed by atoms with Crippen molar-refractivity contribution in [2.75, 3.05) is 5.32 Å². The molecule has 90 valence electrons. The van der Waals surface area contributed by atoms with Crippen LogP contribution in [-0.2, 0) is 6.54 Å². The Hall–Kier alpha value is -2.11. The summed E-state index contributed by atoms with van der Waals surface area (Å²) in [5, 5.41) is 13.5. The van der Waals surface area contributed by atoms with Gasteiger partial charge in [0, 0.05) is 28.4 Å². The summed E-state index contributed by atoms with van der Waals surface area (Å²) in [6.45, 7) is 0.487. The van der Waals surface area contributed by atoms with Gasteiger partial charge < -0.3 is 10.4 Å². The molecule has 18 heavy (non-hydrogen) atoms. The number of phenols is 1. The molecule has 0 heterocycles. The molecule has 0 saturated carbocycles. The zero-order valence-electron chi connectivity index (χ0n) is 9.65. The Balaban J connectivity index is 2.11. The summed E-state index contributed by atoms with van der Waals surface area (Å²) >= 11 is 5.88. The molecule has 2 nitrogen and oxygen atoms in total. The number of benzene rings is 2. The largest absolute Gasteiger partial charge is 0.508 e. The third kappa shape index (κ3) is 2.97. The molecule has 0 saturated heterocycles. The minimum atomic E-state index is 0.222. The standard InChI is InChI=1S/C15H12ClNO/c1-2-11-4-3-5-14(8-11)17-10-12-9-13(16)6-7-15(12)18/h1,3-9,17-18H,10H2. The third-order valence-electron chi connectivity index (χ3n) is 2.55. The first-order valence-corrected chi connectivity index (χ1v) is 5.85. The monoisotopic (exact) mass is 257 g/mol. The van der Waals surface area contributed by atoms with Crippen LogP contribution in [0.15, 0.2) is 42.5 Å². The number of hydrogen-bond acceptors (Lipinski definition) is 2. The van der Waals surface area contributed by atoms with Crippen LogP contribution >= 0.6 is 11.6 Å². The van der Waals surface area contributed by atoms with Crippen LogP contribution in [0.5, 0.6) is 5.75 Å². The molecule has 0 unspecified atom stereocenters. The van der Waals surface area contributed by atoms with Crippen molar-refractivity contribution in [3.05, 3.63) is 58.6 Å². The van der Waals surface area contributed by atoms with E-state index in [1.807, 2.05) is 24.3 Å². The topological polar surface area (TPSA) is 32.3 Å². The van der Waals surface area contributed by atoms with E-state index in [2.05, 4.69) is 11.2 Å². The Bertz CT molecular complexity index is 602. The van der Waals surface area contributed by atoms with Gasteiger partial charge in [0.05, 0.1) is 0 Å². The normalized spacial score (nSPS) is 9.78. The highest BCUT2D eigenvalue weighted by atomic mass is 35.5. The van der Waals surface area contributed by atoms with Crippen LogP contribution in [0.25, 0.3) is 0 Å². The number of phenolic OH excluding ortho intramolecular Hbond substituents is 1. The molecule has 0 aliphatic carbocycles. The minimum Gasteiger partial charge on any atom is -0.508 e. The van der Waals surface area contributed by atoms with E-state index in [4.69, 9.17) is 18.0 Å². The molecule has 3 heteroatoms. The molecule has 2 aromatic rings. The second-order valence-electron chi connectivity index (χ2n) is 3.85. The predicted octanol–water partition coefficient (Wildman–Crippen LogP) is 3.64. The van der Waals surface area contributed by atoms with Gasteiger partial charge in [0.1, 0.15) is 5.75 Å².